The van der Waals surface area contributed by atoms with Gasteiger partial charge < -0.3 is 5.32 Å². The van der Waals surface area contributed by atoms with Gasteiger partial charge in [0.15, 0.2) is 0 Å². The third kappa shape index (κ3) is 2.40. The minimum Gasteiger partial charge on any atom is -0.367 e. The number of benzene rings is 1. The maximum Gasteiger partial charge on any atom is 0.150 e. The SMILES string of the molecule is O=Cc1ccc(-c2ccc(NC3CC3)nc2)cc1. The number of pyridine rings is 1. The average molecular weight is 238 g/mol. The molecule has 1 N–H and O–H groups in total. The molecule has 0 bridgehead atoms. The van der Waals surface area contributed by atoms with Crippen molar-refractivity contribution >= 4 is 12.1 Å². The minimum atomic E-state index is 0.621. The first kappa shape index (κ1) is 11.0. The second-order valence-electron chi connectivity index (χ2n) is 4.59. The Morgan fingerprint density at radius 1 is 1.06 bits per heavy atom. The molecule has 1 aliphatic carbocycles. The Morgan fingerprint density at radius 2 is 1.78 bits per heavy atom. The lowest BCUT2D eigenvalue weighted by atomic mass is 10.1. The first-order chi connectivity index (χ1) is 8.85. The first-order valence-electron chi connectivity index (χ1n) is 6.13. The molecule has 3 heteroatoms. The Bertz CT molecular complexity index is 542. The second-order valence-corrected chi connectivity index (χ2v) is 4.59. The van der Waals surface area contributed by atoms with Gasteiger partial charge in [0.1, 0.15) is 12.1 Å². The summed E-state index contributed by atoms with van der Waals surface area (Å²) >= 11 is 0. The zero-order valence-electron chi connectivity index (χ0n) is 9.97. The van der Waals surface area contributed by atoms with E-state index < -0.39 is 0 Å². The first-order valence-corrected chi connectivity index (χ1v) is 6.13. The number of aromatic nitrogens is 1. The smallest absolute Gasteiger partial charge is 0.150 e. The molecule has 0 saturated heterocycles. The van der Waals surface area contributed by atoms with Gasteiger partial charge in [-0.2, -0.15) is 0 Å². The molecule has 2 aromatic rings. The predicted octanol–water partition coefficient (Wildman–Crippen LogP) is 3.14. The molecular formula is C15H14N2O. The molecule has 0 atom stereocenters. The fourth-order valence-corrected chi connectivity index (χ4v) is 1.84. The largest absolute Gasteiger partial charge is 0.367 e. The Hall–Kier alpha value is -2.16. The van der Waals surface area contributed by atoms with Gasteiger partial charge in [-0.05, 0) is 30.5 Å². The van der Waals surface area contributed by atoms with Gasteiger partial charge in [-0.1, -0.05) is 24.3 Å². The van der Waals surface area contributed by atoms with Crippen LogP contribution < -0.4 is 5.32 Å². The van der Waals surface area contributed by atoms with Crippen LogP contribution in [0.4, 0.5) is 5.82 Å². The highest BCUT2D eigenvalue weighted by molar-refractivity contribution is 5.76. The predicted molar refractivity (Wildman–Crippen MR) is 71.7 cm³/mol. The molecule has 3 rings (SSSR count). The van der Waals surface area contributed by atoms with Gasteiger partial charge in [0, 0.05) is 23.4 Å². The van der Waals surface area contributed by atoms with E-state index in [1.165, 1.54) is 12.8 Å². The number of aldehydes is 1. The maximum atomic E-state index is 10.6. The number of hydrogen-bond donors (Lipinski definition) is 1. The molecule has 0 unspecified atom stereocenters. The van der Waals surface area contributed by atoms with E-state index in [-0.39, 0.29) is 0 Å². The van der Waals surface area contributed by atoms with E-state index in [1.807, 2.05) is 42.6 Å². The summed E-state index contributed by atoms with van der Waals surface area (Å²) in [5, 5.41) is 3.36. The highest BCUT2D eigenvalue weighted by atomic mass is 16.1. The van der Waals surface area contributed by atoms with Crippen molar-refractivity contribution in [3.63, 3.8) is 0 Å². The van der Waals surface area contributed by atoms with Crippen molar-refractivity contribution in [1.82, 2.24) is 4.98 Å². The normalized spacial score (nSPS) is 14.2. The Balaban J connectivity index is 1.79. The number of anilines is 1. The van der Waals surface area contributed by atoms with Crippen LogP contribution in [0.3, 0.4) is 0 Å². The van der Waals surface area contributed by atoms with Crippen LogP contribution in [-0.2, 0) is 0 Å². The van der Waals surface area contributed by atoms with Crippen LogP contribution in [0.1, 0.15) is 23.2 Å². The van der Waals surface area contributed by atoms with Gasteiger partial charge in [0.25, 0.3) is 0 Å². The molecule has 0 spiro atoms. The summed E-state index contributed by atoms with van der Waals surface area (Å²) in [7, 11) is 0. The van der Waals surface area contributed by atoms with Crippen molar-refractivity contribution in [1.29, 1.82) is 0 Å². The molecular weight excluding hydrogens is 224 g/mol. The summed E-state index contributed by atoms with van der Waals surface area (Å²) in [6.45, 7) is 0. The summed E-state index contributed by atoms with van der Waals surface area (Å²) in [5.74, 6) is 0.936. The molecule has 90 valence electrons. The maximum absolute atomic E-state index is 10.6. The van der Waals surface area contributed by atoms with E-state index in [2.05, 4.69) is 10.3 Å². The number of nitrogens with zero attached hydrogens (tertiary/aromatic N) is 1. The molecule has 1 fully saturated rings. The lowest BCUT2D eigenvalue weighted by Crippen LogP contribution is -2.02. The number of carbonyl (C=O) groups excluding carboxylic acids is 1. The average Bonchev–Trinajstić information content (AvgIpc) is 3.24. The van der Waals surface area contributed by atoms with E-state index in [4.69, 9.17) is 0 Å². The number of carbonyl (C=O) groups is 1. The number of nitrogens with one attached hydrogen (secondary N) is 1. The summed E-state index contributed by atoms with van der Waals surface area (Å²) in [6, 6.07) is 12.2. The van der Waals surface area contributed by atoms with Crippen molar-refractivity contribution in [3.05, 3.63) is 48.2 Å². The molecule has 0 aliphatic heterocycles. The van der Waals surface area contributed by atoms with Gasteiger partial charge in [0.05, 0.1) is 0 Å². The van der Waals surface area contributed by atoms with E-state index in [1.54, 1.807) is 0 Å². The third-order valence-corrected chi connectivity index (χ3v) is 3.07. The summed E-state index contributed by atoms with van der Waals surface area (Å²) in [5.41, 5.74) is 2.83. The van der Waals surface area contributed by atoms with Crippen molar-refractivity contribution in [2.75, 3.05) is 5.32 Å². The van der Waals surface area contributed by atoms with Crippen LogP contribution in [0.2, 0.25) is 0 Å². The molecule has 1 aromatic carbocycles. The zero-order valence-corrected chi connectivity index (χ0v) is 9.97. The van der Waals surface area contributed by atoms with Gasteiger partial charge >= 0.3 is 0 Å². The second kappa shape index (κ2) is 4.61. The third-order valence-electron chi connectivity index (χ3n) is 3.07. The molecule has 3 nitrogen and oxygen atoms in total. The molecule has 1 aliphatic rings. The van der Waals surface area contributed by atoms with E-state index in [0.717, 1.165) is 23.2 Å². The molecule has 1 heterocycles. The van der Waals surface area contributed by atoms with Crippen molar-refractivity contribution in [2.45, 2.75) is 18.9 Å². The molecule has 1 saturated carbocycles. The Labute approximate surface area is 106 Å². The topological polar surface area (TPSA) is 42.0 Å². The Kier molecular flexibility index (Phi) is 2.81. The fraction of sp³-hybridized carbons (Fsp3) is 0.200. The zero-order chi connectivity index (χ0) is 12.4. The van der Waals surface area contributed by atoms with Crippen molar-refractivity contribution in [3.8, 4) is 11.1 Å². The molecule has 0 amide bonds. The monoisotopic (exact) mass is 238 g/mol. The lowest BCUT2D eigenvalue weighted by molar-refractivity contribution is 0.112. The molecule has 0 radical (unpaired) electrons. The Morgan fingerprint density at radius 3 is 2.33 bits per heavy atom. The number of hydrogen-bond acceptors (Lipinski definition) is 3. The van der Waals surface area contributed by atoms with Crippen molar-refractivity contribution < 1.29 is 4.79 Å². The lowest BCUT2D eigenvalue weighted by Gasteiger charge is -2.05. The van der Waals surface area contributed by atoms with Crippen LogP contribution >= 0.6 is 0 Å². The van der Waals surface area contributed by atoms with Crippen LogP contribution in [0.5, 0.6) is 0 Å². The van der Waals surface area contributed by atoms with E-state index in [0.29, 0.717) is 11.6 Å². The van der Waals surface area contributed by atoms with E-state index >= 15 is 0 Å². The molecule has 1 aromatic heterocycles. The highest BCUT2D eigenvalue weighted by Gasteiger charge is 2.20. The highest BCUT2D eigenvalue weighted by Crippen LogP contribution is 2.25. The van der Waals surface area contributed by atoms with Crippen LogP contribution in [0.25, 0.3) is 11.1 Å². The van der Waals surface area contributed by atoms with E-state index in [9.17, 15) is 4.79 Å². The standard InChI is InChI=1S/C15H14N2O/c18-10-11-1-3-12(4-2-11)13-5-8-15(16-9-13)17-14-6-7-14/h1-5,8-10,14H,6-7H2,(H,16,17). The summed E-state index contributed by atoms with van der Waals surface area (Å²) < 4.78 is 0. The van der Waals surface area contributed by atoms with Gasteiger partial charge in [-0.15, -0.1) is 0 Å². The van der Waals surface area contributed by atoms with Gasteiger partial charge in [-0.25, -0.2) is 4.98 Å². The van der Waals surface area contributed by atoms with Gasteiger partial charge in [0.2, 0.25) is 0 Å². The number of rotatable bonds is 4. The van der Waals surface area contributed by atoms with Crippen LogP contribution in [0.15, 0.2) is 42.6 Å². The van der Waals surface area contributed by atoms with Gasteiger partial charge in [-0.3, -0.25) is 4.79 Å². The summed E-state index contributed by atoms with van der Waals surface area (Å²) in [6.07, 6.45) is 5.21. The van der Waals surface area contributed by atoms with Crippen LogP contribution in [0, 0.1) is 0 Å². The quantitative estimate of drug-likeness (QED) is 0.832. The summed E-state index contributed by atoms with van der Waals surface area (Å²) in [4.78, 5) is 15.0. The minimum absolute atomic E-state index is 0.621. The van der Waals surface area contributed by atoms with Crippen LogP contribution in [-0.4, -0.2) is 17.3 Å². The molecule has 18 heavy (non-hydrogen) atoms. The van der Waals surface area contributed by atoms with Crippen molar-refractivity contribution in [2.24, 2.45) is 0 Å². The fourth-order valence-electron chi connectivity index (χ4n) is 1.84.